The largest absolute Gasteiger partial charge is 0.496 e. The highest BCUT2D eigenvalue weighted by Crippen LogP contribution is 2.34. The number of para-hydroxylation sites is 1. The van der Waals surface area contributed by atoms with E-state index in [1.165, 1.54) is 18.0 Å². The molecule has 0 unspecified atom stereocenters. The van der Waals surface area contributed by atoms with Crippen molar-refractivity contribution in [2.24, 2.45) is 5.10 Å². The van der Waals surface area contributed by atoms with Crippen LogP contribution in [0.2, 0.25) is 5.02 Å². The van der Waals surface area contributed by atoms with E-state index in [4.69, 9.17) is 26.1 Å². The van der Waals surface area contributed by atoms with Crippen molar-refractivity contribution in [3.8, 4) is 22.9 Å². The number of rotatable bonds is 8. The number of aryl methyl sites for hydroxylation is 1. The quantitative estimate of drug-likeness (QED) is 0.216. The van der Waals surface area contributed by atoms with E-state index in [0.29, 0.717) is 28.0 Å². The van der Waals surface area contributed by atoms with Crippen LogP contribution in [0.15, 0.2) is 64.5 Å². The zero-order chi connectivity index (χ0) is 27.4. The Kier molecular flexibility index (Phi) is 8.12. The number of aromatic nitrogens is 2. The van der Waals surface area contributed by atoms with Gasteiger partial charge in [0.05, 0.1) is 36.4 Å². The van der Waals surface area contributed by atoms with Crippen molar-refractivity contribution in [1.82, 2.24) is 9.66 Å². The standard InChI is InChI=1S/C29H28ClN3O5/c1-17(2)21-14-22(18(3)12-26(21)36-4)28-32-24-9-7-6-8-20(24)29(35)33(28)31-15-19-10-11-25(23(30)13-19)38-16-27(34)37-5/h6-15,17H,16H2,1-5H3. The number of nitrogens with zero attached hydrogens (tertiary/aromatic N) is 3. The van der Waals surface area contributed by atoms with Gasteiger partial charge in [-0.1, -0.05) is 37.6 Å². The molecule has 1 aromatic heterocycles. The summed E-state index contributed by atoms with van der Waals surface area (Å²) in [5, 5.41) is 5.27. The van der Waals surface area contributed by atoms with Crippen molar-refractivity contribution in [3.63, 3.8) is 0 Å². The van der Waals surface area contributed by atoms with Crippen molar-refractivity contribution >= 4 is 34.7 Å². The van der Waals surface area contributed by atoms with Gasteiger partial charge in [-0.15, -0.1) is 0 Å². The summed E-state index contributed by atoms with van der Waals surface area (Å²) in [6.45, 7) is 5.85. The van der Waals surface area contributed by atoms with Crippen LogP contribution in [-0.4, -0.2) is 42.7 Å². The van der Waals surface area contributed by atoms with Gasteiger partial charge in [-0.05, 0) is 72.0 Å². The molecule has 0 fully saturated rings. The van der Waals surface area contributed by atoms with Crippen molar-refractivity contribution in [2.75, 3.05) is 20.8 Å². The summed E-state index contributed by atoms with van der Waals surface area (Å²) < 4.78 is 16.9. The summed E-state index contributed by atoms with van der Waals surface area (Å²) in [4.78, 5) is 29.8. The number of fused-ring (bicyclic) bond motifs is 1. The maximum absolute atomic E-state index is 13.6. The second-order valence-corrected chi connectivity index (χ2v) is 9.34. The molecule has 0 saturated heterocycles. The molecule has 0 aliphatic carbocycles. The molecule has 196 valence electrons. The van der Waals surface area contributed by atoms with Gasteiger partial charge in [0.25, 0.3) is 5.56 Å². The molecule has 0 radical (unpaired) electrons. The maximum Gasteiger partial charge on any atom is 0.343 e. The van der Waals surface area contributed by atoms with Gasteiger partial charge in [-0.3, -0.25) is 4.79 Å². The summed E-state index contributed by atoms with van der Waals surface area (Å²) in [6, 6.07) is 16.1. The van der Waals surface area contributed by atoms with Crippen LogP contribution < -0.4 is 15.0 Å². The molecule has 0 saturated carbocycles. The minimum atomic E-state index is -0.517. The Hall–Kier alpha value is -4.17. The first-order valence-electron chi connectivity index (χ1n) is 12.0. The monoisotopic (exact) mass is 533 g/mol. The Morgan fingerprint density at radius 3 is 2.55 bits per heavy atom. The maximum atomic E-state index is 13.6. The second-order valence-electron chi connectivity index (χ2n) is 8.93. The van der Waals surface area contributed by atoms with Gasteiger partial charge in [-0.2, -0.15) is 9.78 Å². The van der Waals surface area contributed by atoms with Gasteiger partial charge in [0.2, 0.25) is 0 Å². The van der Waals surface area contributed by atoms with E-state index in [1.807, 2.05) is 31.2 Å². The SMILES string of the molecule is COC(=O)COc1ccc(C=Nn2c(-c3cc(C(C)C)c(OC)cc3C)nc3ccccc3c2=O)cc1Cl. The summed E-state index contributed by atoms with van der Waals surface area (Å²) in [5.41, 5.74) is 3.58. The minimum Gasteiger partial charge on any atom is -0.496 e. The van der Waals surface area contributed by atoms with Crippen LogP contribution in [0, 0.1) is 6.92 Å². The predicted molar refractivity (Wildman–Crippen MR) is 149 cm³/mol. The van der Waals surface area contributed by atoms with Crippen LogP contribution in [0.4, 0.5) is 0 Å². The summed E-state index contributed by atoms with van der Waals surface area (Å²) in [6.07, 6.45) is 1.53. The number of benzene rings is 3. The van der Waals surface area contributed by atoms with E-state index in [-0.39, 0.29) is 23.1 Å². The number of carbonyl (C=O) groups excluding carboxylic acids is 1. The number of hydrogen-bond donors (Lipinski definition) is 0. The third-order valence-electron chi connectivity index (χ3n) is 6.04. The smallest absolute Gasteiger partial charge is 0.343 e. The van der Waals surface area contributed by atoms with E-state index in [0.717, 1.165) is 22.4 Å². The van der Waals surface area contributed by atoms with Crippen LogP contribution in [0.25, 0.3) is 22.3 Å². The van der Waals surface area contributed by atoms with Gasteiger partial charge in [0, 0.05) is 5.56 Å². The normalized spacial score (nSPS) is 11.3. The van der Waals surface area contributed by atoms with Crippen LogP contribution in [0.3, 0.4) is 0 Å². The lowest BCUT2D eigenvalue weighted by Gasteiger charge is -2.17. The number of halogens is 1. The van der Waals surface area contributed by atoms with E-state index < -0.39 is 5.97 Å². The third-order valence-corrected chi connectivity index (χ3v) is 6.34. The molecule has 38 heavy (non-hydrogen) atoms. The Balaban J connectivity index is 1.83. The van der Waals surface area contributed by atoms with Crippen molar-refractivity contribution in [3.05, 3.63) is 86.7 Å². The van der Waals surface area contributed by atoms with Crippen molar-refractivity contribution in [2.45, 2.75) is 26.7 Å². The molecule has 1 heterocycles. The topological polar surface area (TPSA) is 92.0 Å². The molecule has 4 rings (SSSR count). The molecule has 0 amide bonds. The molecule has 9 heteroatoms. The molecular formula is C29H28ClN3O5. The molecule has 0 aliphatic rings. The fourth-order valence-corrected chi connectivity index (χ4v) is 4.25. The summed E-state index contributed by atoms with van der Waals surface area (Å²) >= 11 is 6.34. The Morgan fingerprint density at radius 1 is 1.11 bits per heavy atom. The van der Waals surface area contributed by atoms with Crippen LogP contribution >= 0.6 is 11.6 Å². The predicted octanol–water partition coefficient (Wildman–Crippen LogP) is 5.59. The number of ether oxygens (including phenoxy) is 3. The Morgan fingerprint density at radius 2 is 1.87 bits per heavy atom. The summed E-state index contributed by atoms with van der Waals surface area (Å²) in [7, 11) is 2.92. The minimum absolute atomic E-state index is 0.190. The average molecular weight is 534 g/mol. The fourth-order valence-electron chi connectivity index (χ4n) is 4.01. The lowest BCUT2D eigenvalue weighted by Crippen LogP contribution is -2.20. The lowest BCUT2D eigenvalue weighted by molar-refractivity contribution is -0.142. The first kappa shape index (κ1) is 26.9. The summed E-state index contributed by atoms with van der Waals surface area (Å²) in [5.74, 6) is 1.20. The van der Waals surface area contributed by atoms with Crippen LogP contribution in [-0.2, 0) is 9.53 Å². The van der Waals surface area contributed by atoms with Crippen LogP contribution in [0.5, 0.6) is 11.5 Å². The zero-order valence-corrected chi connectivity index (χ0v) is 22.6. The molecular weight excluding hydrogens is 506 g/mol. The molecule has 4 aromatic rings. The fraction of sp³-hybridized carbons (Fsp3) is 0.241. The number of esters is 1. The van der Waals surface area contributed by atoms with E-state index in [9.17, 15) is 9.59 Å². The number of carbonyl (C=O) groups is 1. The van der Waals surface area contributed by atoms with Gasteiger partial charge in [-0.25, -0.2) is 9.78 Å². The van der Waals surface area contributed by atoms with Crippen molar-refractivity contribution < 1.29 is 19.0 Å². The molecule has 0 bridgehead atoms. The highest BCUT2D eigenvalue weighted by atomic mass is 35.5. The molecule has 0 N–H and O–H groups in total. The lowest BCUT2D eigenvalue weighted by atomic mass is 9.96. The highest BCUT2D eigenvalue weighted by Gasteiger charge is 2.18. The Labute approximate surface area is 225 Å². The average Bonchev–Trinajstić information content (AvgIpc) is 2.91. The van der Waals surface area contributed by atoms with Crippen LogP contribution in [0.1, 0.15) is 36.5 Å². The first-order valence-corrected chi connectivity index (χ1v) is 12.4. The van der Waals surface area contributed by atoms with E-state index in [1.54, 1.807) is 37.4 Å². The molecule has 8 nitrogen and oxygen atoms in total. The number of methoxy groups -OCH3 is 2. The first-order chi connectivity index (χ1) is 18.2. The third kappa shape index (κ3) is 5.55. The van der Waals surface area contributed by atoms with Gasteiger partial charge in [0.1, 0.15) is 11.5 Å². The van der Waals surface area contributed by atoms with E-state index in [2.05, 4.69) is 23.7 Å². The molecule has 0 aliphatic heterocycles. The van der Waals surface area contributed by atoms with Gasteiger partial charge < -0.3 is 14.2 Å². The van der Waals surface area contributed by atoms with Crippen molar-refractivity contribution in [1.29, 1.82) is 0 Å². The Bertz CT molecular complexity index is 1590. The second kappa shape index (κ2) is 11.5. The highest BCUT2D eigenvalue weighted by molar-refractivity contribution is 6.32. The van der Waals surface area contributed by atoms with E-state index >= 15 is 0 Å². The molecule has 0 spiro atoms. The van der Waals surface area contributed by atoms with Gasteiger partial charge in [0.15, 0.2) is 12.4 Å². The zero-order valence-electron chi connectivity index (χ0n) is 21.8. The van der Waals surface area contributed by atoms with Gasteiger partial charge >= 0.3 is 5.97 Å². The molecule has 3 aromatic carbocycles. The molecule has 0 atom stereocenters. The number of hydrogen-bond acceptors (Lipinski definition) is 7.